The van der Waals surface area contributed by atoms with Crippen LogP contribution in [0.3, 0.4) is 0 Å². The second-order valence-electron chi connectivity index (χ2n) is 9.35. The lowest BCUT2D eigenvalue weighted by molar-refractivity contribution is 0.0671. The van der Waals surface area contributed by atoms with E-state index in [1.165, 1.54) is 0 Å². The lowest BCUT2D eigenvalue weighted by Crippen LogP contribution is -2.40. The summed E-state index contributed by atoms with van der Waals surface area (Å²) >= 11 is 0. The maximum absolute atomic E-state index is 13.1. The van der Waals surface area contributed by atoms with Crippen LogP contribution in [0.5, 0.6) is 0 Å². The molecule has 1 saturated heterocycles. The van der Waals surface area contributed by atoms with Crippen LogP contribution >= 0.6 is 0 Å². The van der Waals surface area contributed by atoms with Crippen molar-refractivity contribution < 1.29 is 9.59 Å². The number of fused-ring (bicyclic) bond motifs is 1. The maximum Gasteiger partial charge on any atom is 0.255 e. The highest BCUT2D eigenvalue weighted by atomic mass is 16.2. The highest BCUT2D eigenvalue weighted by Gasteiger charge is 2.27. The van der Waals surface area contributed by atoms with E-state index in [4.69, 9.17) is 0 Å². The summed E-state index contributed by atoms with van der Waals surface area (Å²) in [6.07, 6.45) is 6.75. The Morgan fingerprint density at radius 3 is 2.81 bits per heavy atom. The number of nitrogens with zero attached hydrogens (tertiary/aromatic N) is 7. The van der Waals surface area contributed by atoms with Gasteiger partial charge in [0.1, 0.15) is 5.69 Å². The van der Waals surface area contributed by atoms with E-state index in [-0.39, 0.29) is 24.4 Å². The number of likely N-dealkylation sites (tertiary alicyclic amines) is 1. The average molecular weight is 488 g/mol. The van der Waals surface area contributed by atoms with Gasteiger partial charge in [0.2, 0.25) is 0 Å². The minimum atomic E-state index is -0.154. The standard InChI is InChI=1S/C25H29N9O2/c1-32(2)13-17-5-7-18(8-6-17)24(35)27-12-20-14-34(31-30-20)21-4-3-9-33(15-21)25(36)19-10-22-23(26-11-19)29-16-28-22/h5-8,10-11,14,16,21H,3-4,9,12-13,15H2,1-2H3,(H,27,35)(H,26,28,29). The molecule has 0 radical (unpaired) electrons. The van der Waals surface area contributed by atoms with E-state index < -0.39 is 0 Å². The number of pyridine rings is 1. The van der Waals surface area contributed by atoms with Crippen LogP contribution in [-0.2, 0) is 13.1 Å². The number of rotatable bonds is 7. The number of amides is 2. The Kier molecular flexibility index (Phi) is 6.72. The topological polar surface area (TPSA) is 125 Å². The summed E-state index contributed by atoms with van der Waals surface area (Å²) in [7, 11) is 4.02. The maximum atomic E-state index is 13.1. The number of benzene rings is 1. The molecule has 1 fully saturated rings. The van der Waals surface area contributed by atoms with Crippen molar-refractivity contribution in [2.24, 2.45) is 0 Å². The molecule has 1 aliphatic rings. The number of nitrogens with one attached hydrogen (secondary N) is 2. The minimum Gasteiger partial charge on any atom is -0.346 e. The molecule has 0 aliphatic carbocycles. The van der Waals surface area contributed by atoms with E-state index in [1.807, 2.05) is 49.5 Å². The number of imidazole rings is 1. The molecular formula is C25H29N9O2. The Bertz CT molecular complexity index is 1360. The fourth-order valence-corrected chi connectivity index (χ4v) is 4.46. The number of H-pyrrole nitrogens is 1. The van der Waals surface area contributed by atoms with Crippen LogP contribution in [0.1, 0.15) is 50.9 Å². The molecule has 4 aromatic rings. The van der Waals surface area contributed by atoms with Crippen molar-refractivity contribution in [2.75, 3.05) is 27.2 Å². The third-order valence-electron chi connectivity index (χ3n) is 6.28. The fourth-order valence-electron chi connectivity index (χ4n) is 4.46. The van der Waals surface area contributed by atoms with Gasteiger partial charge in [0.05, 0.1) is 36.2 Å². The predicted octanol–water partition coefficient (Wildman–Crippen LogP) is 2.02. The summed E-state index contributed by atoms with van der Waals surface area (Å²) in [6.45, 7) is 2.32. The molecule has 11 nitrogen and oxygen atoms in total. The molecular weight excluding hydrogens is 458 g/mol. The lowest BCUT2D eigenvalue weighted by atomic mass is 10.0. The van der Waals surface area contributed by atoms with E-state index in [1.54, 1.807) is 23.3 Å². The van der Waals surface area contributed by atoms with Crippen LogP contribution in [-0.4, -0.2) is 78.7 Å². The summed E-state index contributed by atoms with van der Waals surface area (Å²) < 4.78 is 1.80. The zero-order valence-electron chi connectivity index (χ0n) is 20.4. The van der Waals surface area contributed by atoms with Crippen molar-refractivity contribution in [3.05, 3.63) is 71.4 Å². The Balaban J connectivity index is 1.17. The molecule has 4 heterocycles. The molecule has 0 spiro atoms. The van der Waals surface area contributed by atoms with Crippen LogP contribution in [0.15, 0.2) is 49.1 Å². The quantitative estimate of drug-likeness (QED) is 0.409. The Hall–Kier alpha value is -4.12. The molecule has 5 rings (SSSR count). The number of aromatic amines is 1. The van der Waals surface area contributed by atoms with Crippen LogP contribution < -0.4 is 5.32 Å². The van der Waals surface area contributed by atoms with Gasteiger partial charge in [-0.15, -0.1) is 5.10 Å². The number of carbonyl (C=O) groups excluding carboxylic acids is 2. The van der Waals surface area contributed by atoms with Crippen molar-refractivity contribution >= 4 is 23.0 Å². The second-order valence-corrected chi connectivity index (χ2v) is 9.35. The normalized spacial score (nSPS) is 16.0. The van der Waals surface area contributed by atoms with Crippen LogP contribution in [0, 0.1) is 0 Å². The number of piperidine rings is 1. The molecule has 1 unspecified atom stereocenters. The first-order valence-electron chi connectivity index (χ1n) is 12.0. The van der Waals surface area contributed by atoms with Crippen LogP contribution in [0.25, 0.3) is 11.2 Å². The molecule has 1 atom stereocenters. The Morgan fingerprint density at radius 1 is 1.17 bits per heavy atom. The van der Waals surface area contributed by atoms with E-state index in [0.717, 1.165) is 30.5 Å². The summed E-state index contributed by atoms with van der Waals surface area (Å²) in [5, 5.41) is 11.4. The number of hydrogen-bond acceptors (Lipinski definition) is 7. The minimum absolute atomic E-state index is 0.0211. The molecule has 3 aromatic heterocycles. The van der Waals surface area contributed by atoms with E-state index >= 15 is 0 Å². The van der Waals surface area contributed by atoms with Gasteiger partial charge in [-0.2, -0.15) is 0 Å². The largest absolute Gasteiger partial charge is 0.346 e. The van der Waals surface area contributed by atoms with Gasteiger partial charge in [-0.05, 0) is 50.7 Å². The van der Waals surface area contributed by atoms with E-state index in [2.05, 4.69) is 35.5 Å². The number of aromatic nitrogens is 6. The van der Waals surface area contributed by atoms with Gasteiger partial charge < -0.3 is 20.1 Å². The molecule has 36 heavy (non-hydrogen) atoms. The molecule has 11 heteroatoms. The molecule has 2 N–H and O–H groups in total. The van der Waals surface area contributed by atoms with Crippen molar-refractivity contribution in [1.29, 1.82) is 0 Å². The van der Waals surface area contributed by atoms with Gasteiger partial charge in [0.15, 0.2) is 5.65 Å². The smallest absolute Gasteiger partial charge is 0.255 e. The fraction of sp³-hybridized carbons (Fsp3) is 0.360. The highest BCUT2D eigenvalue weighted by molar-refractivity contribution is 5.96. The number of carbonyl (C=O) groups is 2. The van der Waals surface area contributed by atoms with Crippen molar-refractivity contribution in [1.82, 2.24) is 45.1 Å². The summed E-state index contributed by atoms with van der Waals surface area (Å²) in [5.74, 6) is -0.217. The molecule has 1 aromatic carbocycles. The SMILES string of the molecule is CN(C)Cc1ccc(C(=O)NCc2cn(C3CCCN(C(=O)c4cnc5nc[nH]c5c4)C3)nn2)cc1. The first kappa shape index (κ1) is 23.6. The van der Waals surface area contributed by atoms with Gasteiger partial charge in [-0.25, -0.2) is 14.6 Å². The average Bonchev–Trinajstić information content (AvgIpc) is 3.56. The van der Waals surface area contributed by atoms with E-state index in [0.29, 0.717) is 35.6 Å². The second kappa shape index (κ2) is 10.2. The summed E-state index contributed by atoms with van der Waals surface area (Å²) in [4.78, 5) is 40.9. The van der Waals surface area contributed by atoms with Gasteiger partial charge in [0.25, 0.3) is 11.8 Å². The lowest BCUT2D eigenvalue weighted by Gasteiger charge is -2.32. The van der Waals surface area contributed by atoms with Gasteiger partial charge >= 0.3 is 0 Å². The van der Waals surface area contributed by atoms with Crippen molar-refractivity contribution in [3.8, 4) is 0 Å². The zero-order valence-corrected chi connectivity index (χ0v) is 20.4. The van der Waals surface area contributed by atoms with Crippen LogP contribution in [0.2, 0.25) is 0 Å². The third-order valence-corrected chi connectivity index (χ3v) is 6.28. The molecule has 1 aliphatic heterocycles. The summed E-state index contributed by atoms with van der Waals surface area (Å²) in [5.41, 5.74) is 4.29. The predicted molar refractivity (Wildman–Crippen MR) is 133 cm³/mol. The Labute approximate surface area is 208 Å². The van der Waals surface area contributed by atoms with Gasteiger partial charge in [-0.1, -0.05) is 17.3 Å². The van der Waals surface area contributed by atoms with Crippen LogP contribution in [0.4, 0.5) is 0 Å². The Morgan fingerprint density at radius 2 is 2.00 bits per heavy atom. The first-order chi connectivity index (χ1) is 17.5. The first-order valence-corrected chi connectivity index (χ1v) is 12.0. The highest BCUT2D eigenvalue weighted by Crippen LogP contribution is 2.23. The molecule has 0 saturated carbocycles. The molecule has 0 bridgehead atoms. The van der Waals surface area contributed by atoms with Gasteiger partial charge in [0, 0.05) is 31.4 Å². The van der Waals surface area contributed by atoms with Gasteiger partial charge in [-0.3, -0.25) is 9.59 Å². The zero-order chi connectivity index (χ0) is 25.1. The molecule has 186 valence electrons. The third kappa shape index (κ3) is 5.25. The summed E-state index contributed by atoms with van der Waals surface area (Å²) in [6, 6.07) is 9.39. The van der Waals surface area contributed by atoms with Crippen molar-refractivity contribution in [2.45, 2.75) is 32.0 Å². The monoisotopic (exact) mass is 487 g/mol. The number of hydrogen-bond donors (Lipinski definition) is 2. The van der Waals surface area contributed by atoms with Crippen molar-refractivity contribution in [3.63, 3.8) is 0 Å². The van der Waals surface area contributed by atoms with E-state index in [9.17, 15) is 9.59 Å². The molecule has 2 amide bonds.